The van der Waals surface area contributed by atoms with Gasteiger partial charge in [0.2, 0.25) is 0 Å². The Bertz CT molecular complexity index is 3310. The smallest absolute Gasteiger partial charge is 0.139 e. The zero-order valence-electron chi connectivity index (χ0n) is 35.3. The fourth-order valence-corrected chi connectivity index (χ4v) is 9.29. The summed E-state index contributed by atoms with van der Waals surface area (Å²) in [6.45, 7) is 0. The summed E-state index contributed by atoms with van der Waals surface area (Å²) in [5.41, 5.74) is 14.4. The van der Waals surface area contributed by atoms with Crippen LogP contribution in [0.15, 0.2) is 258 Å². The summed E-state index contributed by atoms with van der Waals surface area (Å²) >= 11 is 0. The molecule has 308 valence electrons. The lowest BCUT2D eigenvalue weighted by molar-refractivity contribution is 0.669. The maximum Gasteiger partial charge on any atom is 0.139 e. The predicted octanol–water partition coefficient (Wildman–Crippen LogP) is 17.6. The van der Waals surface area contributed by atoms with Gasteiger partial charge in [-0.05, 0) is 96.1 Å². The third kappa shape index (κ3) is 6.83. The molecule has 0 bridgehead atoms. The highest BCUT2D eigenvalue weighted by molar-refractivity contribution is 6.17. The van der Waals surface area contributed by atoms with Gasteiger partial charge in [-0.25, -0.2) is 0 Å². The van der Waals surface area contributed by atoms with Crippen molar-refractivity contribution in [1.82, 2.24) is 0 Å². The molecule has 5 nitrogen and oxygen atoms in total. The van der Waals surface area contributed by atoms with Crippen LogP contribution in [0.25, 0.3) is 55.0 Å². The first-order valence-electron chi connectivity index (χ1n) is 21.9. The Morgan fingerprint density at radius 3 is 0.954 bits per heavy atom. The Labute approximate surface area is 376 Å². The van der Waals surface area contributed by atoms with E-state index in [4.69, 9.17) is 8.83 Å². The van der Waals surface area contributed by atoms with Gasteiger partial charge in [-0.2, -0.15) is 0 Å². The van der Waals surface area contributed by atoms with Gasteiger partial charge in [-0.1, -0.05) is 152 Å². The van der Waals surface area contributed by atoms with Gasteiger partial charge in [0.25, 0.3) is 0 Å². The summed E-state index contributed by atoms with van der Waals surface area (Å²) < 4.78 is 13.7. The van der Waals surface area contributed by atoms with Crippen LogP contribution >= 0.6 is 0 Å². The maximum atomic E-state index is 6.86. The lowest BCUT2D eigenvalue weighted by Gasteiger charge is -2.31. The van der Waals surface area contributed by atoms with Crippen molar-refractivity contribution >= 4 is 95.1 Å². The average Bonchev–Trinajstić information content (AvgIpc) is 3.95. The molecule has 0 spiro atoms. The van der Waals surface area contributed by atoms with Gasteiger partial charge in [-0.3, -0.25) is 0 Å². The zero-order valence-corrected chi connectivity index (χ0v) is 35.3. The van der Waals surface area contributed by atoms with Gasteiger partial charge in [0.1, 0.15) is 22.3 Å². The largest absolute Gasteiger partial charge is 0.456 e. The monoisotopic (exact) mass is 835 g/mol. The van der Waals surface area contributed by atoms with Gasteiger partial charge in [0.05, 0.1) is 33.5 Å². The van der Waals surface area contributed by atoms with E-state index in [1.54, 1.807) is 0 Å². The van der Waals surface area contributed by atoms with Crippen LogP contribution in [0.2, 0.25) is 0 Å². The molecule has 0 aliphatic heterocycles. The summed E-state index contributed by atoms with van der Waals surface area (Å²) in [7, 11) is 0. The Balaban J connectivity index is 1.17. The second kappa shape index (κ2) is 16.2. The molecule has 65 heavy (non-hydrogen) atoms. The third-order valence-electron chi connectivity index (χ3n) is 12.2. The van der Waals surface area contributed by atoms with E-state index in [0.29, 0.717) is 0 Å². The van der Waals surface area contributed by atoms with Gasteiger partial charge < -0.3 is 23.5 Å². The summed E-state index contributed by atoms with van der Waals surface area (Å²) in [4.78, 5) is 7.01. The molecule has 0 aliphatic rings. The van der Waals surface area contributed by atoms with E-state index in [2.05, 4.69) is 251 Å². The Morgan fingerprint density at radius 2 is 0.554 bits per heavy atom. The minimum absolute atomic E-state index is 0.779. The molecule has 12 aromatic rings. The van der Waals surface area contributed by atoms with E-state index in [0.717, 1.165) is 106 Å². The normalized spacial score (nSPS) is 11.4. The number of furan rings is 2. The topological polar surface area (TPSA) is 36.0 Å². The fraction of sp³-hybridized carbons (Fsp3) is 0. The Kier molecular flexibility index (Phi) is 9.42. The quantitative estimate of drug-likeness (QED) is 0.137. The molecule has 0 fully saturated rings. The first-order chi connectivity index (χ1) is 32.2. The summed E-state index contributed by atoms with van der Waals surface area (Å²) in [6.07, 6.45) is 0. The highest BCUT2D eigenvalue weighted by Crippen LogP contribution is 2.50. The van der Waals surface area contributed by atoms with E-state index >= 15 is 0 Å². The maximum absolute atomic E-state index is 6.86. The van der Waals surface area contributed by atoms with Crippen LogP contribution in [0, 0.1) is 0 Å². The molecular formula is C60H41N3O2. The minimum atomic E-state index is 0.779. The first kappa shape index (κ1) is 37.9. The molecule has 5 heteroatoms. The summed E-state index contributed by atoms with van der Waals surface area (Å²) in [6, 6.07) is 87.3. The van der Waals surface area contributed by atoms with E-state index in [1.807, 2.05) is 12.1 Å². The van der Waals surface area contributed by atoms with Crippen LogP contribution in [-0.2, 0) is 0 Å². The second-order valence-corrected chi connectivity index (χ2v) is 16.1. The minimum Gasteiger partial charge on any atom is -0.456 e. The van der Waals surface area contributed by atoms with Crippen LogP contribution in [-0.4, -0.2) is 0 Å². The molecule has 12 rings (SSSR count). The predicted molar refractivity (Wildman–Crippen MR) is 270 cm³/mol. The number of rotatable bonds is 10. The molecule has 0 saturated heterocycles. The van der Waals surface area contributed by atoms with Crippen molar-refractivity contribution in [1.29, 1.82) is 0 Å². The number of para-hydroxylation sites is 6. The molecular weight excluding hydrogens is 795 g/mol. The molecule has 0 atom stereocenters. The molecule has 0 N–H and O–H groups in total. The van der Waals surface area contributed by atoms with E-state index < -0.39 is 0 Å². The van der Waals surface area contributed by atoms with E-state index in [9.17, 15) is 0 Å². The molecule has 0 amide bonds. The molecule has 10 aromatic carbocycles. The first-order valence-corrected chi connectivity index (χ1v) is 21.9. The van der Waals surface area contributed by atoms with Crippen molar-refractivity contribution in [2.24, 2.45) is 0 Å². The lowest BCUT2D eigenvalue weighted by atomic mass is 10.0. The summed E-state index contributed by atoms with van der Waals surface area (Å²) in [5.74, 6) is 0. The van der Waals surface area contributed by atoms with Crippen LogP contribution < -0.4 is 14.7 Å². The van der Waals surface area contributed by atoms with E-state index in [-0.39, 0.29) is 0 Å². The molecule has 0 saturated carbocycles. The summed E-state index contributed by atoms with van der Waals surface area (Å²) in [5, 5.41) is 4.16. The third-order valence-corrected chi connectivity index (χ3v) is 12.2. The van der Waals surface area contributed by atoms with Crippen molar-refractivity contribution in [3.63, 3.8) is 0 Å². The highest BCUT2D eigenvalue weighted by Gasteiger charge is 2.27. The van der Waals surface area contributed by atoms with E-state index in [1.165, 1.54) is 0 Å². The van der Waals surface area contributed by atoms with Crippen LogP contribution in [0.4, 0.5) is 51.2 Å². The average molecular weight is 836 g/mol. The van der Waals surface area contributed by atoms with Gasteiger partial charge >= 0.3 is 0 Å². The van der Waals surface area contributed by atoms with Gasteiger partial charge in [-0.15, -0.1) is 0 Å². The molecule has 2 aromatic heterocycles. The zero-order chi connectivity index (χ0) is 43.1. The number of hydrogen-bond donors (Lipinski definition) is 0. The van der Waals surface area contributed by atoms with Crippen LogP contribution in [0.5, 0.6) is 0 Å². The van der Waals surface area contributed by atoms with Crippen LogP contribution in [0.1, 0.15) is 0 Å². The number of anilines is 9. The Hall–Kier alpha value is -8.80. The number of hydrogen-bond acceptors (Lipinski definition) is 5. The lowest BCUT2D eigenvalue weighted by Crippen LogP contribution is -2.15. The SMILES string of the molecule is c1ccc(-c2ccc(N(c3cc(N(c4ccccc4)c4ccccc4)c4c(c3)oc3ccccc34)c3cc(N(c4ccccc4)c4ccccc4)c4c(c3)oc3ccccc34)cc2)cc1. The number of fused-ring (bicyclic) bond motifs is 6. The fourth-order valence-electron chi connectivity index (χ4n) is 9.29. The number of benzene rings is 10. The Morgan fingerprint density at radius 1 is 0.231 bits per heavy atom. The van der Waals surface area contributed by atoms with Gasteiger partial charge in [0, 0.05) is 51.3 Å². The van der Waals surface area contributed by atoms with Crippen LogP contribution in [0.3, 0.4) is 0 Å². The second-order valence-electron chi connectivity index (χ2n) is 16.1. The highest BCUT2D eigenvalue weighted by atomic mass is 16.3. The van der Waals surface area contributed by atoms with Crippen molar-refractivity contribution in [2.75, 3.05) is 14.7 Å². The van der Waals surface area contributed by atoms with Crippen molar-refractivity contribution < 1.29 is 8.83 Å². The molecule has 0 radical (unpaired) electrons. The van der Waals surface area contributed by atoms with Crippen molar-refractivity contribution in [3.8, 4) is 11.1 Å². The molecule has 0 aliphatic carbocycles. The molecule has 2 heterocycles. The van der Waals surface area contributed by atoms with Crippen molar-refractivity contribution in [2.45, 2.75) is 0 Å². The van der Waals surface area contributed by atoms with Gasteiger partial charge in [0.15, 0.2) is 0 Å². The molecule has 0 unspecified atom stereocenters. The number of nitrogens with zero attached hydrogens (tertiary/aromatic N) is 3. The standard InChI is InChI=1S/C60H41N3O2/c1-6-20-42(21-7-1)43-34-36-48(37-35-43)61(49-38-53(59-51-30-16-18-32-55(51)64-57(59)40-49)62(44-22-8-2-9-23-44)45-24-10-3-11-25-45)50-39-54(60-52-31-17-19-33-56(52)65-58(60)41-50)63(46-26-12-4-13-27-46)47-28-14-5-15-29-47/h1-41H. The van der Waals surface area contributed by atoms with Crippen molar-refractivity contribution in [3.05, 3.63) is 249 Å².